The van der Waals surface area contributed by atoms with Crippen LogP contribution < -0.4 is 15.8 Å². The fourth-order valence-electron chi connectivity index (χ4n) is 1.67. The maximum absolute atomic E-state index is 12.2. The molecule has 2 aromatic rings. The van der Waals surface area contributed by atoms with Crippen molar-refractivity contribution in [2.75, 3.05) is 18.2 Å². The fourth-order valence-corrected chi connectivity index (χ4v) is 2.08. The van der Waals surface area contributed by atoms with E-state index in [0.29, 0.717) is 27.7 Å². The topological polar surface area (TPSA) is 64.3 Å². The number of anilines is 2. The molecule has 0 aliphatic carbocycles. The van der Waals surface area contributed by atoms with Gasteiger partial charge in [-0.25, -0.2) is 0 Å². The van der Waals surface area contributed by atoms with E-state index < -0.39 is 0 Å². The zero-order chi connectivity index (χ0) is 14.7. The maximum atomic E-state index is 12.2. The molecule has 2 aromatic carbocycles. The van der Waals surface area contributed by atoms with Gasteiger partial charge in [0.05, 0.1) is 12.7 Å². The second kappa shape index (κ2) is 6.15. The molecule has 1 amide bonds. The average Bonchev–Trinajstić information content (AvgIpc) is 2.42. The molecule has 0 aromatic heterocycles. The van der Waals surface area contributed by atoms with Gasteiger partial charge in [-0.15, -0.1) is 0 Å². The number of hydrogen-bond acceptors (Lipinski definition) is 3. The van der Waals surface area contributed by atoms with Crippen molar-refractivity contribution in [3.8, 4) is 5.75 Å². The molecule has 0 saturated heterocycles. The van der Waals surface area contributed by atoms with E-state index in [1.807, 2.05) is 0 Å². The van der Waals surface area contributed by atoms with Gasteiger partial charge in [0.1, 0.15) is 5.75 Å². The molecule has 104 valence electrons. The number of rotatable bonds is 3. The molecule has 0 aliphatic heterocycles. The van der Waals surface area contributed by atoms with Crippen LogP contribution in [-0.4, -0.2) is 13.0 Å². The minimum Gasteiger partial charge on any atom is -0.496 e. The number of halogens is 2. The van der Waals surface area contributed by atoms with Gasteiger partial charge in [-0.2, -0.15) is 0 Å². The van der Waals surface area contributed by atoms with E-state index in [4.69, 9.17) is 22.1 Å². The van der Waals surface area contributed by atoms with E-state index in [0.717, 1.165) is 4.47 Å². The Morgan fingerprint density at radius 3 is 2.70 bits per heavy atom. The molecule has 0 fully saturated rings. The molecule has 4 nitrogen and oxygen atoms in total. The van der Waals surface area contributed by atoms with Gasteiger partial charge in [-0.05, 0) is 52.3 Å². The van der Waals surface area contributed by atoms with E-state index in [2.05, 4.69) is 21.2 Å². The van der Waals surface area contributed by atoms with Crippen molar-refractivity contribution >= 4 is 44.8 Å². The smallest absolute Gasteiger partial charge is 0.259 e. The summed E-state index contributed by atoms with van der Waals surface area (Å²) in [6.45, 7) is 0. The van der Waals surface area contributed by atoms with Crippen molar-refractivity contribution in [1.82, 2.24) is 0 Å². The maximum Gasteiger partial charge on any atom is 0.259 e. The third-order valence-electron chi connectivity index (χ3n) is 2.66. The minimum atomic E-state index is -0.291. The number of amides is 1. The van der Waals surface area contributed by atoms with Crippen LogP contribution in [0.15, 0.2) is 40.9 Å². The van der Waals surface area contributed by atoms with Crippen LogP contribution in [0.1, 0.15) is 10.4 Å². The van der Waals surface area contributed by atoms with Crippen LogP contribution >= 0.6 is 27.5 Å². The second-order valence-corrected chi connectivity index (χ2v) is 5.33. The monoisotopic (exact) mass is 354 g/mol. The molecule has 0 heterocycles. The zero-order valence-corrected chi connectivity index (χ0v) is 13.0. The largest absolute Gasteiger partial charge is 0.496 e. The predicted octanol–water partition coefficient (Wildman–Crippen LogP) is 3.95. The molecule has 0 unspecified atom stereocenters. The minimum absolute atomic E-state index is 0.291. The Kier molecular flexibility index (Phi) is 4.52. The summed E-state index contributed by atoms with van der Waals surface area (Å²) in [5, 5.41) is 3.26. The summed E-state index contributed by atoms with van der Waals surface area (Å²) in [6.07, 6.45) is 0. The summed E-state index contributed by atoms with van der Waals surface area (Å²) in [5.74, 6) is 0.125. The first-order valence-electron chi connectivity index (χ1n) is 5.71. The summed E-state index contributed by atoms with van der Waals surface area (Å²) in [7, 11) is 1.49. The lowest BCUT2D eigenvalue weighted by atomic mass is 10.2. The number of hydrogen-bond donors (Lipinski definition) is 2. The lowest BCUT2D eigenvalue weighted by Gasteiger charge is -2.10. The second-order valence-electron chi connectivity index (χ2n) is 4.04. The summed E-state index contributed by atoms with van der Waals surface area (Å²) >= 11 is 9.16. The first-order valence-corrected chi connectivity index (χ1v) is 6.88. The van der Waals surface area contributed by atoms with E-state index >= 15 is 0 Å². The molecule has 0 aliphatic rings. The van der Waals surface area contributed by atoms with Crippen LogP contribution in [0.5, 0.6) is 5.75 Å². The normalized spacial score (nSPS) is 10.2. The number of carbonyl (C=O) groups excluding carboxylic acids is 1. The lowest BCUT2D eigenvalue weighted by Crippen LogP contribution is -2.13. The van der Waals surface area contributed by atoms with Gasteiger partial charge in [-0.1, -0.05) is 11.6 Å². The number of benzene rings is 2. The van der Waals surface area contributed by atoms with Gasteiger partial charge >= 0.3 is 0 Å². The number of ether oxygens (including phenoxy) is 1. The molecular weight excluding hydrogens is 344 g/mol. The third kappa shape index (κ3) is 3.23. The summed E-state index contributed by atoms with van der Waals surface area (Å²) in [5.41, 5.74) is 7.32. The first kappa shape index (κ1) is 14.7. The quantitative estimate of drug-likeness (QED) is 0.820. The fraction of sp³-hybridized carbons (Fsp3) is 0.0714. The molecule has 6 heteroatoms. The van der Waals surface area contributed by atoms with Crippen molar-refractivity contribution in [2.45, 2.75) is 0 Å². The van der Waals surface area contributed by atoms with Gasteiger partial charge in [0.2, 0.25) is 0 Å². The van der Waals surface area contributed by atoms with Crippen LogP contribution in [-0.2, 0) is 0 Å². The van der Waals surface area contributed by atoms with Crippen molar-refractivity contribution in [1.29, 1.82) is 0 Å². The predicted molar refractivity (Wildman–Crippen MR) is 84.5 cm³/mol. The van der Waals surface area contributed by atoms with Gasteiger partial charge in [0.15, 0.2) is 0 Å². The zero-order valence-electron chi connectivity index (χ0n) is 10.6. The Hall–Kier alpha value is -1.72. The highest BCUT2D eigenvalue weighted by Crippen LogP contribution is 2.26. The Balaban J connectivity index is 2.25. The lowest BCUT2D eigenvalue weighted by molar-refractivity contribution is 0.102. The molecule has 20 heavy (non-hydrogen) atoms. The van der Waals surface area contributed by atoms with Crippen LogP contribution in [0, 0.1) is 0 Å². The standard InChI is InChI=1S/C14H12BrClN2O2/c1-20-13-6-8(16)2-4-10(13)14(19)18-9-3-5-11(15)12(17)7-9/h2-7H,17H2,1H3,(H,18,19). The van der Waals surface area contributed by atoms with Gasteiger partial charge in [-0.3, -0.25) is 4.79 Å². The Labute approximate surface area is 130 Å². The number of nitrogen functional groups attached to an aromatic ring is 1. The summed E-state index contributed by atoms with van der Waals surface area (Å²) < 4.78 is 5.93. The number of carbonyl (C=O) groups is 1. The van der Waals surface area contributed by atoms with Crippen LogP contribution in [0.4, 0.5) is 11.4 Å². The highest BCUT2D eigenvalue weighted by molar-refractivity contribution is 9.10. The highest BCUT2D eigenvalue weighted by atomic mass is 79.9. The molecule has 2 rings (SSSR count). The molecular formula is C14H12BrClN2O2. The summed E-state index contributed by atoms with van der Waals surface area (Å²) in [6, 6.07) is 10.0. The van der Waals surface area contributed by atoms with Gasteiger partial charge in [0.25, 0.3) is 5.91 Å². The molecule has 0 radical (unpaired) electrons. The van der Waals surface area contributed by atoms with Gasteiger partial charge < -0.3 is 15.8 Å². The SMILES string of the molecule is COc1cc(Cl)ccc1C(=O)Nc1ccc(Br)c(N)c1. The van der Waals surface area contributed by atoms with Crippen molar-refractivity contribution in [2.24, 2.45) is 0 Å². The first-order chi connectivity index (χ1) is 9.51. The Morgan fingerprint density at radius 1 is 1.30 bits per heavy atom. The summed E-state index contributed by atoms with van der Waals surface area (Å²) in [4.78, 5) is 12.2. The van der Waals surface area contributed by atoms with Crippen LogP contribution in [0.2, 0.25) is 5.02 Å². The van der Waals surface area contributed by atoms with E-state index in [1.165, 1.54) is 7.11 Å². The number of methoxy groups -OCH3 is 1. The molecule has 0 saturated carbocycles. The highest BCUT2D eigenvalue weighted by Gasteiger charge is 2.13. The van der Waals surface area contributed by atoms with E-state index in [1.54, 1.807) is 36.4 Å². The number of nitrogens with one attached hydrogen (secondary N) is 1. The Bertz CT molecular complexity index is 662. The Morgan fingerprint density at radius 2 is 2.05 bits per heavy atom. The molecule has 3 N–H and O–H groups in total. The third-order valence-corrected chi connectivity index (χ3v) is 3.62. The average molecular weight is 356 g/mol. The van der Waals surface area contributed by atoms with E-state index in [-0.39, 0.29) is 5.91 Å². The number of nitrogens with two attached hydrogens (primary N) is 1. The van der Waals surface area contributed by atoms with Crippen molar-refractivity contribution < 1.29 is 9.53 Å². The molecule has 0 bridgehead atoms. The van der Waals surface area contributed by atoms with E-state index in [9.17, 15) is 4.79 Å². The van der Waals surface area contributed by atoms with Gasteiger partial charge in [0, 0.05) is 20.9 Å². The van der Waals surface area contributed by atoms with Crippen LogP contribution in [0.25, 0.3) is 0 Å². The van der Waals surface area contributed by atoms with Crippen LogP contribution in [0.3, 0.4) is 0 Å². The molecule has 0 atom stereocenters. The van der Waals surface area contributed by atoms with Crippen molar-refractivity contribution in [3.05, 3.63) is 51.5 Å². The van der Waals surface area contributed by atoms with Crippen molar-refractivity contribution in [3.63, 3.8) is 0 Å². The molecule has 0 spiro atoms.